The Labute approximate surface area is 164 Å². The summed E-state index contributed by atoms with van der Waals surface area (Å²) >= 11 is 3.75. The van der Waals surface area contributed by atoms with E-state index in [9.17, 15) is 0 Å². The first-order valence-electron chi connectivity index (χ1n) is 9.23. The van der Waals surface area contributed by atoms with Gasteiger partial charge in [-0.25, -0.2) is 0 Å². The van der Waals surface area contributed by atoms with Gasteiger partial charge in [-0.1, -0.05) is 109 Å². The third-order valence-corrected chi connectivity index (χ3v) is 3.98. The van der Waals surface area contributed by atoms with Crippen LogP contribution in [0.15, 0.2) is 54.6 Å². The number of hydrogen-bond acceptors (Lipinski definition) is 0. The maximum absolute atomic E-state index is 3.75. The molecule has 2 aromatic rings. The van der Waals surface area contributed by atoms with E-state index < -0.39 is 0 Å². The van der Waals surface area contributed by atoms with E-state index in [4.69, 9.17) is 0 Å². The van der Waals surface area contributed by atoms with E-state index in [0.717, 1.165) is 6.42 Å². The second kappa shape index (κ2) is 12.1. The molecule has 0 atom stereocenters. The third-order valence-electron chi connectivity index (χ3n) is 3.05. The Bertz CT molecular complexity index is 607. The summed E-state index contributed by atoms with van der Waals surface area (Å²) < 4.78 is 1.19. The Hall–Kier alpha value is -1.34. The first-order valence-corrected chi connectivity index (χ1v) is 10.0. The van der Waals surface area contributed by atoms with Gasteiger partial charge < -0.3 is 0 Å². The van der Waals surface area contributed by atoms with Crippen LogP contribution in [-0.2, 0) is 0 Å². The Morgan fingerprint density at radius 3 is 1.64 bits per heavy atom. The second-order valence-electron chi connectivity index (χ2n) is 7.38. The van der Waals surface area contributed by atoms with Gasteiger partial charge in [0, 0.05) is 4.48 Å². The number of allylic oxidation sites excluding steroid dienone is 1. The minimum absolute atomic E-state index is 0.500. The lowest BCUT2D eigenvalue weighted by Crippen LogP contribution is -1.93. The molecule has 0 aliphatic rings. The highest BCUT2D eigenvalue weighted by molar-refractivity contribution is 9.15. The summed E-state index contributed by atoms with van der Waals surface area (Å²) in [5.41, 5.74) is 5.66. The van der Waals surface area contributed by atoms with Gasteiger partial charge in [0.15, 0.2) is 0 Å². The van der Waals surface area contributed by atoms with Crippen LogP contribution >= 0.6 is 15.9 Å². The first kappa shape index (κ1) is 23.7. The van der Waals surface area contributed by atoms with E-state index in [1.165, 1.54) is 26.7 Å². The lowest BCUT2D eigenvalue weighted by atomic mass is 10.0. The smallest absolute Gasteiger partial charge is 0.0285 e. The van der Waals surface area contributed by atoms with Gasteiger partial charge in [0.05, 0.1) is 0 Å². The zero-order chi connectivity index (χ0) is 19.5. The van der Waals surface area contributed by atoms with Crippen molar-refractivity contribution in [1.29, 1.82) is 0 Å². The Morgan fingerprint density at radius 1 is 0.800 bits per heavy atom. The van der Waals surface area contributed by atoms with Gasteiger partial charge in [-0.3, -0.25) is 0 Å². The molecule has 0 nitrogen and oxygen atoms in total. The van der Waals surface area contributed by atoms with Gasteiger partial charge >= 0.3 is 0 Å². The van der Waals surface area contributed by atoms with Crippen molar-refractivity contribution in [3.63, 3.8) is 0 Å². The molecule has 0 aromatic heterocycles. The highest BCUT2D eigenvalue weighted by atomic mass is 79.9. The van der Waals surface area contributed by atoms with Crippen molar-refractivity contribution in [1.82, 2.24) is 0 Å². The topological polar surface area (TPSA) is 0 Å². The number of aryl methyl sites for hydroxylation is 1. The molecule has 0 amide bonds. The molecular weight excluding hydrogens is 368 g/mol. The van der Waals surface area contributed by atoms with Crippen molar-refractivity contribution < 1.29 is 0 Å². The zero-order valence-corrected chi connectivity index (χ0v) is 18.9. The Kier molecular flexibility index (Phi) is 11.4. The molecule has 0 aliphatic carbocycles. The number of halogens is 1. The average Bonchev–Trinajstić information content (AvgIpc) is 2.57. The van der Waals surface area contributed by atoms with Crippen molar-refractivity contribution in [3.8, 4) is 0 Å². The van der Waals surface area contributed by atoms with Crippen LogP contribution in [-0.4, -0.2) is 0 Å². The van der Waals surface area contributed by atoms with Gasteiger partial charge in [0.25, 0.3) is 0 Å². The molecule has 2 rings (SSSR count). The van der Waals surface area contributed by atoms with Gasteiger partial charge in [-0.15, -0.1) is 0 Å². The molecular formula is C24H35Br. The fourth-order valence-corrected chi connectivity index (χ4v) is 2.77. The first-order chi connectivity index (χ1) is 11.7. The summed E-state index contributed by atoms with van der Waals surface area (Å²) in [6.07, 6.45) is 1.01. The molecule has 0 radical (unpaired) electrons. The summed E-state index contributed by atoms with van der Waals surface area (Å²) in [6, 6.07) is 19.2. The minimum Gasteiger partial charge on any atom is -0.0683 e. The molecule has 0 saturated carbocycles. The monoisotopic (exact) mass is 402 g/mol. The quantitative estimate of drug-likeness (QED) is 0.449. The third kappa shape index (κ3) is 10.3. The molecule has 25 heavy (non-hydrogen) atoms. The lowest BCUT2D eigenvalue weighted by Gasteiger charge is -2.10. The molecule has 138 valence electrons. The van der Waals surface area contributed by atoms with Crippen molar-refractivity contribution in [2.24, 2.45) is 5.41 Å². The minimum atomic E-state index is 0.500. The maximum atomic E-state index is 3.75. The van der Waals surface area contributed by atoms with Crippen LogP contribution in [0.25, 0.3) is 10.1 Å². The van der Waals surface area contributed by atoms with Crippen LogP contribution in [0.1, 0.15) is 71.6 Å². The molecule has 0 spiro atoms. The summed E-state index contributed by atoms with van der Waals surface area (Å²) in [5.74, 6) is 0. The second-order valence-corrected chi connectivity index (χ2v) is 8.17. The predicted molar refractivity (Wildman–Crippen MR) is 120 cm³/mol. The fraction of sp³-hybridized carbons (Fsp3) is 0.417. The molecule has 0 aliphatic heterocycles. The van der Waals surface area contributed by atoms with Crippen LogP contribution in [0.4, 0.5) is 0 Å². The Morgan fingerprint density at radius 2 is 1.24 bits per heavy atom. The maximum Gasteiger partial charge on any atom is 0.0285 e. The highest BCUT2D eigenvalue weighted by Crippen LogP contribution is 2.33. The average molecular weight is 403 g/mol. The van der Waals surface area contributed by atoms with Gasteiger partial charge in [-0.05, 0) is 51.4 Å². The van der Waals surface area contributed by atoms with Crippen LogP contribution < -0.4 is 0 Å². The summed E-state index contributed by atoms with van der Waals surface area (Å²) in [6.45, 7) is 17.1. The molecule has 1 heteroatoms. The normalized spacial score (nSPS) is 11.4. The van der Waals surface area contributed by atoms with E-state index in [0.29, 0.717) is 5.41 Å². The van der Waals surface area contributed by atoms with E-state index in [2.05, 4.69) is 112 Å². The SMILES string of the molecule is CC.CC(C)(C)C.CC/C(=C(\Br)c1ccc(C)cc1)c1ccccc1. The van der Waals surface area contributed by atoms with Crippen molar-refractivity contribution in [2.45, 2.75) is 61.8 Å². The van der Waals surface area contributed by atoms with E-state index >= 15 is 0 Å². The van der Waals surface area contributed by atoms with Crippen LogP contribution in [0, 0.1) is 12.3 Å². The summed E-state index contributed by atoms with van der Waals surface area (Å²) in [4.78, 5) is 0. The zero-order valence-electron chi connectivity index (χ0n) is 17.3. The molecule has 0 heterocycles. The highest BCUT2D eigenvalue weighted by Gasteiger charge is 2.07. The molecule has 0 unspecified atom stereocenters. The molecule has 0 saturated heterocycles. The molecule has 2 aromatic carbocycles. The number of rotatable bonds is 3. The lowest BCUT2D eigenvalue weighted by molar-refractivity contribution is 0.469. The summed E-state index contributed by atoms with van der Waals surface area (Å²) in [7, 11) is 0. The number of benzene rings is 2. The van der Waals surface area contributed by atoms with Crippen LogP contribution in [0.3, 0.4) is 0 Å². The van der Waals surface area contributed by atoms with E-state index in [1.54, 1.807) is 0 Å². The van der Waals surface area contributed by atoms with Gasteiger partial charge in [-0.2, -0.15) is 0 Å². The van der Waals surface area contributed by atoms with E-state index in [1.807, 2.05) is 13.8 Å². The van der Waals surface area contributed by atoms with Crippen LogP contribution in [0.2, 0.25) is 0 Å². The predicted octanol–water partition coefficient (Wildman–Crippen LogP) is 8.75. The Balaban J connectivity index is 0.000000710. The van der Waals surface area contributed by atoms with Crippen molar-refractivity contribution in [2.75, 3.05) is 0 Å². The standard InChI is InChI=1S/C17H17Br.C5H12.C2H6/c1-3-16(14-7-5-4-6-8-14)17(18)15-11-9-13(2)10-12-15;1-5(2,3)4;1-2/h4-12H,3H2,1-2H3;1-4H3;1-2H3/b17-16+;;. The van der Waals surface area contributed by atoms with Gasteiger partial charge in [0.2, 0.25) is 0 Å². The van der Waals surface area contributed by atoms with Crippen molar-refractivity contribution in [3.05, 3.63) is 71.3 Å². The van der Waals surface area contributed by atoms with Crippen molar-refractivity contribution >= 4 is 26.0 Å². The largest absolute Gasteiger partial charge is 0.0683 e. The number of hydrogen-bond donors (Lipinski definition) is 0. The molecule has 0 N–H and O–H groups in total. The molecule has 0 bridgehead atoms. The van der Waals surface area contributed by atoms with Crippen LogP contribution in [0.5, 0.6) is 0 Å². The van der Waals surface area contributed by atoms with E-state index in [-0.39, 0.29) is 0 Å². The van der Waals surface area contributed by atoms with Gasteiger partial charge in [0.1, 0.15) is 0 Å². The summed E-state index contributed by atoms with van der Waals surface area (Å²) in [5, 5.41) is 0. The fourth-order valence-electron chi connectivity index (χ4n) is 2.00. The molecule has 0 fully saturated rings.